The van der Waals surface area contributed by atoms with Gasteiger partial charge in [-0.2, -0.15) is 5.26 Å². The standard InChI is InChI=1S/C29H38F3N3O/c1-8-10-11-26(24-12-14-25(15-13-24)36-29(30,31)32)22(5)27(35(7)18-20(3)9-2)34-23(6)28(19-33)16-21(4)17-28/h11-15,18,21H,8-10,16-17H2,1-7H3/b20-18+,26-11-,27-22+,34-23+. The highest BCUT2D eigenvalue weighted by molar-refractivity contribution is 5.92. The Kier molecular flexibility index (Phi) is 9.98. The van der Waals surface area contributed by atoms with E-state index in [1.165, 1.54) is 17.7 Å². The number of alkyl halides is 3. The molecule has 196 valence electrons. The van der Waals surface area contributed by atoms with Crippen LogP contribution in [0.3, 0.4) is 0 Å². The van der Waals surface area contributed by atoms with Gasteiger partial charge in [0, 0.05) is 19.0 Å². The number of nitrogens with zero attached hydrogens (tertiary/aromatic N) is 3. The number of unbranched alkanes of at least 4 members (excludes halogenated alkanes) is 1. The third-order valence-corrected chi connectivity index (χ3v) is 6.66. The second-order valence-electron chi connectivity index (χ2n) is 9.77. The summed E-state index contributed by atoms with van der Waals surface area (Å²) in [6.07, 6.45) is 3.58. The summed E-state index contributed by atoms with van der Waals surface area (Å²) in [6.45, 7) is 12.2. The molecule has 7 heteroatoms. The summed E-state index contributed by atoms with van der Waals surface area (Å²) in [4.78, 5) is 7.00. The zero-order chi connectivity index (χ0) is 27.1. The summed E-state index contributed by atoms with van der Waals surface area (Å²) in [5.74, 6) is 0.943. The van der Waals surface area contributed by atoms with E-state index < -0.39 is 11.8 Å². The van der Waals surface area contributed by atoms with E-state index in [0.717, 1.165) is 54.5 Å². The van der Waals surface area contributed by atoms with Crippen molar-refractivity contribution in [1.29, 1.82) is 5.26 Å². The quantitative estimate of drug-likeness (QED) is 0.238. The Bertz CT molecular complexity index is 1070. The Morgan fingerprint density at radius 2 is 1.81 bits per heavy atom. The number of halogens is 3. The van der Waals surface area contributed by atoms with Crippen LogP contribution < -0.4 is 4.74 Å². The fourth-order valence-electron chi connectivity index (χ4n) is 4.51. The Balaban J connectivity index is 2.64. The van der Waals surface area contributed by atoms with E-state index in [4.69, 9.17) is 4.99 Å². The molecule has 0 radical (unpaired) electrons. The number of rotatable bonds is 10. The molecule has 0 bridgehead atoms. The van der Waals surface area contributed by atoms with E-state index in [0.29, 0.717) is 11.7 Å². The molecule has 0 heterocycles. The van der Waals surface area contributed by atoms with Crippen LogP contribution in [0.5, 0.6) is 5.75 Å². The van der Waals surface area contributed by atoms with E-state index in [2.05, 4.69) is 44.6 Å². The first-order valence-corrected chi connectivity index (χ1v) is 12.5. The van der Waals surface area contributed by atoms with Crippen molar-refractivity contribution in [2.24, 2.45) is 16.3 Å². The SMILES string of the molecule is CCC/C=C(/C(C)=C(\N=C(/C)C1(C#N)CC(C)C1)N(C)/C=C(\C)CC)c1ccc(OC(F)(F)F)cc1. The third-order valence-electron chi connectivity index (χ3n) is 6.66. The summed E-state index contributed by atoms with van der Waals surface area (Å²) >= 11 is 0. The van der Waals surface area contributed by atoms with Crippen LogP contribution in [0.1, 0.15) is 79.2 Å². The zero-order valence-corrected chi connectivity index (χ0v) is 22.5. The predicted octanol–water partition coefficient (Wildman–Crippen LogP) is 8.65. The molecular weight excluding hydrogens is 463 g/mol. The highest BCUT2D eigenvalue weighted by atomic mass is 19.4. The topological polar surface area (TPSA) is 48.6 Å². The van der Waals surface area contributed by atoms with Gasteiger partial charge in [0.15, 0.2) is 0 Å². The average molecular weight is 502 g/mol. The van der Waals surface area contributed by atoms with Crippen molar-refractivity contribution in [1.82, 2.24) is 4.90 Å². The fraction of sp³-hybridized carbons (Fsp3) is 0.517. The molecule has 0 spiro atoms. The summed E-state index contributed by atoms with van der Waals surface area (Å²) in [6, 6.07) is 8.42. The van der Waals surface area contributed by atoms with E-state index >= 15 is 0 Å². The van der Waals surface area contributed by atoms with Crippen LogP contribution in [0.2, 0.25) is 0 Å². The van der Waals surface area contributed by atoms with Gasteiger partial charge in [-0.25, -0.2) is 4.99 Å². The van der Waals surface area contributed by atoms with Crippen molar-refractivity contribution < 1.29 is 17.9 Å². The van der Waals surface area contributed by atoms with Crippen LogP contribution in [0.15, 0.2) is 58.5 Å². The maximum atomic E-state index is 12.6. The van der Waals surface area contributed by atoms with Crippen molar-refractivity contribution in [3.8, 4) is 11.8 Å². The maximum Gasteiger partial charge on any atom is 0.573 e. The predicted molar refractivity (Wildman–Crippen MR) is 140 cm³/mol. The maximum absolute atomic E-state index is 12.6. The number of hydrogen-bond acceptors (Lipinski definition) is 4. The summed E-state index contributed by atoms with van der Waals surface area (Å²) in [7, 11) is 1.94. The molecule has 1 aliphatic rings. The molecule has 1 aromatic rings. The van der Waals surface area contributed by atoms with Gasteiger partial charge in [0.05, 0.1) is 11.5 Å². The van der Waals surface area contributed by atoms with E-state index in [-0.39, 0.29) is 5.75 Å². The lowest BCUT2D eigenvalue weighted by molar-refractivity contribution is -0.274. The number of aliphatic imine (C=N–C) groups is 1. The minimum absolute atomic E-state index is 0.259. The van der Waals surface area contributed by atoms with Gasteiger partial charge in [-0.1, -0.05) is 51.0 Å². The zero-order valence-electron chi connectivity index (χ0n) is 22.5. The van der Waals surface area contributed by atoms with Crippen molar-refractivity contribution in [2.45, 2.75) is 80.0 Å². The molecule has 0 atom stereocenters. The Morgan fingerprint density at radius 1 is 1.19 bits per heavy atom. The number of nitriles is 1. The van der Waals surface area contributed by atoms with Crippen molar-refractivity contribution in [3.63, 3.8) is 0 Å². The van der Waals surface area contributed by atoms with Crippen molar-refractivity contribution in [3.05, 3.63) is 59.1 Å². The van der Waals surface area contributed by atoms with Gasteiger partial charge >= 0.3 is 6.36 Å². The number of benzene rings is 1. The largest absolute Gasteiger partial charge is 0.573 e. The van der Waals surface area contributed by atoms with Crippen LogP contribution in [-0.2, 0) is 0 Å². The molecule has 1 fully saturated rings. The molecule has 36 heavy (non-hydrogen) atoms. The summed E-state index contributed by atoms with van der Waals surface area (Å²) in [5, 5.41) is 9.93. The summed E-state index contributed by atoms with van der Waals surface area (Å²) < 4.78 is 42.0. The van der Waals surface area contributed by atoms with E-state index in [1.54, 1.807) is 12.1 Å². The lowest BCUT2D eigenvalue weighted by Gasteiger charge is -2.41. The van der Waals surface area contributed by atoms with Crippen LogP contribution in [0.25, 0.3) is 5.57 Å². The first kappa shape index (κ1) is 29.2. The Morgan fingerprint density at radius 3 is 2.28 bits per heavy atom. The molecule has 1 saturated carbocycles. The Hall–Kier alpha value is -3.01. The lowest BCUT2D eigenvalue weighted by atomic mass is 9.61. The highest BCUT2D eigenvalue weighted by Gasteiger charge is 2.45. The smallest absolute Gasteiger partial charge is 0.406 e. The lowest BCUT2D eigenvalue weighted by Crippen LogP contribution is -2.40. The van der Waals surface area contributed by atoms with Crippen LogP contribution in [-0.4, -0.2) is 24.0 Å². The first-order chi connectivity index (χ1) is 16.9. The first-order valence-electron chi connectivity index (χ1n) is 12.5. The fourth-order valence-corrected chi connectivity index (χ4v) is 4.51. The van der Waals surface area contributed by atoms with Gasteiger partial charge < -0.3 is 9.64 Å². The van der Waals surface area contributed by atoms with Crippen LogP contribution in [0, 0.1) is 22.7 Å². The van der Waals surface area contributed by atoms with Crippen LogP contribution >= 0.6 is 0 Å². The van der Waals surface area contributed by atoms with E-state index in [9.17, 15) is 18.4 Å². The molecule has 0 saturated heterocycles. The molecule has 2 rings (SSSR count). The molecule has 0 unspecified atom stereocenters. The van der Waals surface area contributed by atoms with Gasteiger partial charge in [0.2, 0.25) is 0 Å². The molecule has 0 aromatic heterocycles. The second-order valence-corrected chi connectivity index (χ2v) is 9.77. The van der Waals surface area contributed by atoms with Crippen molar-refractivity contribution >= 4 is 11.3 Å². The monoisotopic (exact) mass is 501 g/mol. The molecule has 1 aliphatic carbocycles. The highest BCUT2D eigenvalue weighted by Crippen LogP contribution is 2.46. The van der Waals surface area contributed by atoms with Gasteiger partial charge in [-0.15, -0.1) is 13.2 Å². The second kappa shape index (κ2) is 12.3. The third kappa shape index (κ3) is 7.49. The van der Waals surface area contributed by atoms with Crippen LogP contribution in [0.4, 0.5) is 13.2 Å². The molecule has 0 N–H and O–H groups in total. The molecule has 0 aliphatic heterocycles. The van der Waals surface area contributed by atoms with Gasteiger partial charge in [0.1, 0.15) is 11.6 Å². The minimum Gasteiger partial charge on any atom is -0.406 e. The van der Waals surface area contributed by atoms with Gasteiger partial charge in [0.25, 0.3) is 0 Å². The van der Waals surface area contributed by atoms with Gasteiger partial charge in [-0.05, 0) is 81.2 Å². The normalized spacial score (nSPS) is 21.9. The molecular formula is C29H38F3N3O. The minimum atomic E-state index is -4.74. The van der Waals surface area contributed by atoms with E-state index in [1.807, 2.05) is 32.0 Å². The average Bonchev–Trinajstić information content (AvgIpc) is 2.79. The molecule has 4 nitrogen and oxygen atoms in total. The Labute approximate surface area is 213 Å². The van der Waals surface area contributed by atoms with Gasteiger partial charge in [-0.3, -0.25) is 0 Å². The molecule has 1 aromatic carbocycles. The van der Waals surface area contributed by atoms with Crippen molar-refractivity contribution in [2.75, 3.05) is 7.05 Å². The summed E-state index contributed by atoms with van der Waals surface area (Å²) in [5.41, 5.74) is 3.96. The number of ether oxygens (including phenoxy) is 1. The number of allylic oxidation sites excluding steroid dienone is 4. The number of hydrogen-bond donors (Lipinski definition) is 0. The molecule has 0 amide bonds.